The maximum absolute atomic E-state index is 5.62. The lowest BCUT2D eigenvalue weighted by Crippen LogP contribution is -2.15. The summed E-state index contributed by atoms with van der Waals surface area (Å²) in [6, 6.07) is 6.04. The van der Waals surface area contributed by atoms with Gasteiger partial charge in [0.15, 0.2) is 11.5 Å². The molecule has 1 aliphatic rings. The minimum Gasteiger partial charge on any atom is -0.486 e. The van der Waals surface area contributed by atoms with Gasteiger partial charge in [0.2, 0.25) is 0 Å². The zero-order valence-corrected chi connectivity index (χ0v) is 10.9. The quantitative estimate of drug-likeness (QED) is 0.902. The van der Waals surface area contributed by atoms with Crippen molar-refractivity contribution in [2.75, 3.05) is 13.2 Å². The van der Waals surface area contributed by atoms with Crippen LogP contribution in [0.15, 0.2) is 18.2 Å². The van der Waals surface area contributed by atoms with Crippen LogP contribution in [0.4, 0.5) is 0 Å². The van der Waals surface area contributed by atoms with Crippen LogP contribution in [0.5, 0.6) is 11.5 Å². The number of nitrogens with two attached hydrogens (primary N) is 1. The number of rotatable bonds is 2. The smallest absolute Gasteiger partial charge is 0.162 e. The molecule has 0 atom stereocenters. The normalized spacial score (nSPS) is 13.7. The van der Waals surface area contributed by atoms with Crippen LogP contribution in [-0.2, 0) is 6.54 Å². The molecule has 0 aliphatic carbocycles. The third-order valence-electron chi connectivity index (χ3n) is 2.93. The number of hydrogen-bond donors (Lipinski definition) is 1. The van der Waals surface area contributed by atoms with Gasteiger partial charge in [0.25, 0.3) is 0 Å². The molecule has 0 saturated heterocycles. The van der Waals surface area contributed by atoms with E-state index in [1.807, 2.05) is 18.2 Å². The Balaban J connectivity index is 2.06. The van der Waals surface area contributed by atoms with Crippen LogP contribution < -0.4 is 15.2 Å². The van der Waals surface area contributed by atoms with Crippen molar-refractivity contribution in [3.8, 4) is 22.8 Å². The van der Waals surface area contributed by atoms with Crippen molar-refractivity contribution in [3.63, 3.8) is 0 Å². The molecule has 2 N–H and O–H groups in total. The molecule has 1 aromatic carbocycles. The van der Waals surface area contributed by atoms with E-state index in [1.165, 1.54) is 11.5 Å². The topological polar surface area (TPSA) is 57.4 Å². The Labute approximate surface area is 110 Å². The van der Waals surface area contributed by atoms with Gasteiger partial charge >= 0.3 is 0 Å². The summed E-state index contributed by atoms with van der Waals surface area (Å²) in [5, 5.41) is 0. The van der Waals surface area contributed by atoms with Gasteiger partial charge in [-0.2, -0.15) is 4.37 Å². The van der Waals surface area contributed by atoms with Crippen LogP contribution in [0.2, 0.25) is 0 Å². The predicted octanol–water partition coefficient (Wildman–Crippen LogP) is 2.35. The Kier molecular flexibility index (Phi) is 2.93. The first kappa shape index (κ1) is 11.5. The maximum atomic E-state index is 5.62. The summed E-state index contributed by atoms with van der Waals surface area (Å²) in [5.74, 6) is 1.61. The lowest BCUT2D eigenvalue weighted by molar-refractivity contribution is 0.171. The average molecular weight is 262 g/mol. The molecule has 0 fully saturated rings. The molecule has 18 heavy (non-hydrogen) atoms. The number of hydrogen-bond acceptors (Lipinski definition) is 5. The summed E-state index contributed by atoms with van der Waals surface area (Å²) >= 11 is 1.44. The molecule has 94 valence electrons. The van der Waals surface area contributed by atoms with Crippen molar-refractivity contribution in [1.29, 1.82) is 0 Å². The summed E-state index contributed by atoms with van der Waals surface area (Å²) in [6.45, 7) is 3.79. The highest BCUT2D eigenvalue weighted by molar-refractivity contribution is 7.06. The van der Waals surface area contributed by atoms with Crippen molar-refractivity contribution in [2.24, 2.45) is 5.73 Å². The summed E-state index contributed by atoms with van der Waals surface area (Å²) in [6.07, 6.45) is 0. The van der Waals surface area contributed by atoms with Crippen molar-refractivity contribution < 1.29 is 9.47 Å². The molecule has 0 radical (unpaired) electrons. The Morgan fingerprint density at radius 2 is 1.94 bits per heavy atom. The summed E-state index contributed by atoms with van der Waals surface area (Å²) < 4.78 is 15.6. The number of aromatic nitrogens is 1. The first-order valence-electron chi connectivity index (χ1n) is 5.84. The van der Waals surface area contributed by atoms with Gasteiger partial charge in [0.1, 0.15) is 13.2 Å². The van der Waals surface area contributed by atoms with E-state index in [2.05, 4.69) is 11.3 Å². The third kappa shape index (κ3) is 1.95. The second-order valence-electron chi connectivity index (χ2n) is 4.19. The summed E-state index contributed by atoms with van der Waals surface area (Å²) in [7, 11) is 0. The monoisotopic (exact) mass is 262 g/mol. The SMILES string of the molecule is Cc1cc2c(cc1-c1cc(CN)sn1)OCCO2. The zero-order valence-electron chi connectivity index (χ0n) is 10.1. The highest BCUT2D eigenvalue weighted by Crippen LogP contribution is 2.37. The first-order valence-corrected chi connectivity index (χ1v) is 6.61. The van der Waals surface area contributed by atoms with E-state index in [4.69, 9.17) is 15.2 Å². The van der Waals surface area contributed by atoms with Gasteiger partial charge in [-0.1, -0.05) is 0 Å². The molecule has 2 heterocycles. The van der Waals surface area contributed by atoms with Gasteiger partial charge in [-0.25, -0.2) is 0 Å². The Morgan fingerprint density at radius 1 is 1.22 bits per heavy atom. The second kappa shape index (κ2) is 4.59. The van der Waals surface area contributed by atoms with E-state index in [-0.39, 0.29) is 0 Å². The standard InChI is InChI=1S/C13H14N2O2S/c1-8-4-12-13(17-3-2-16-12)6-10(8)11-5-9(7-14)18-15-11/h4-6H,2-3,7,14H2,1H3. The first-order chi connectivity index (χ1) is 8.78. The molecule has 0 bridgehead atoms. The highest BCUT2D eigenvalue weighted by atomic mass is 32.1. The van der Waals surface area contributed by atoms with Crippen molar-refractivity contribution in [1.82, 2.24) is 4.37 Å². The molecule has 4 nitrogen and oxygen atoms in total. The van der Waals surface area contributed by atoms with Crippen molar-refractivity contribution >= 4 is 11.5 Å². The van der Waals surface area contributed by atoms with Crippen LogP contribution in [0.25, 0.3) is 11.3 Å². The van der Waals surface area contributed by atoms with Gasteiger partial charge in [-0.05, 0) is 42.2 Å². The number of aryl methyl sites for hydroxylation is 1. The van der Waals surface area contributed by atoms with Crippen molar-refractivity contribution in [2.45, 2.75) is 13.5 Å². The third-order valence-corrected chi connectivity index (χ3v) is 3.73. The lowest BCUT2D eigenvalue weighted by Gasteiger charge is -2.19. The average Bonchev–Trinajstić information content (AvgIpc) is 2.86. The van der Waals surface area contributed by atoms with Gasteiger partial charge in [0.05, 0.1) is 5.69 Å². The molecular formula is C13H14N2O2S. The molecule has 0 unspecified atom stereocenters. The fraction of sp³-hybridized carbons (Fsp3) is 0.308. The molecule has 0 saturated carbocycles. The van der Waals surface area contributed by atoms with E-state index in [9.17, 15) is 0 Å². The maximum Gasteiger partial charge on any atom is 0.162 e. The summed E-state index contributed by atoms with van der Waals surface area (Å²) in [5.41, 5.74) is 8.78. The molecule has 1 aromatic heterocycles. The number of ether oxygens (including phenoxy) is 2. The lowest BCUT2D eigenvalue weighted by atomic mass is 10.0. The fourth-order valence-corrected chi connectivity index (χ4v) is 2.61. The number of fused-ring (bicyclic) bond motifs is 1. The fourth-order valence-electron chi connectivity index (χ4n) is 2.00. The van der Waals surface area contributed by atoms with Crippen LogP contribution in [0, 0.1) is 6.92 Å². The van der Waals surface area contributed by atoms with Crippen molar-refractivity contribution in [3.05, 3.63) is 28.6 Å². The highest BCUT2D eigenvalue weighted by Gasteiger charge is 2.16. The van der Waals surface area contributed by atoms with E-state index < -0.39 is 0 Å². The van der Waals surface area contributed by atoms with Gasteiger partial charge in [-0.3, -0.25) is 0 Å². The number of nitrogens with zero attached hydrogens (tertiary/aromatic N) is 1. The molecule has 0 spiro atoms. The summed E-state index contributed by atoms with van der Waals surface area (Å²) in [4.78, 5) is 1.08. The van der Waals surface area contributed by atoms with Crippen LogP contribution in [0.1, 0.15) is 10.4 Å². The molecule has 2 aromatic rings. The molecule has 0 amide bonds. The molecular weight excluding hydrogens is 248 g/mol. The second-order valence-corrected chi connectivity index (χ2v) is 5.08. The Morgan fingerprint density at radius 3 is 2.61 bits per heavy atom. The zero-order chi connectivity index (χ0) is 12.5. The van der Waals surface area contributed by atoms with Gasteiger partial charge < -0.3 is 15.2 Å². The predicted molar refractivity (Wildman–Crippen MR) is 71.2 cm³/mol. The largest absolute Gasteiger partial charge is 0.486 e. The van der Waals surface area contributed by atoms with E-state index in [0.29, 0.717) is 19.8 Å². The molecule has 5 heteroatoms. The van der Waals surface area contributed by atoms with E-state index in [1.54, 1.807) is 0 Å². The Bertz CT molecular complexity index is 580. The van der Waals surface area contributed by atoms with Crippen LogP contribution in [0.3, 0.4) is 0 Å². The molecule has 3 rings (SSSR count). The minimum atomic E-state index is 0.529. The van der Waals surface area contributed by atoms with Crippen LogP contribution >= 0.6 is 11.5 Å². The number of benzene rings is 1. The Hall–Kier alpha value is -1.59. The van der Waals surface area contributed by atoms with E-state index in [0.717, 1.165) is 33.2 Å². The molecule has 1 aliphatic heterocycles. The van der Waals surface area contributed by atoms with E-state index >= 15 is 0 Å². The minimum absolute atomic E-state index is 0.529. The van der Waals surface area contributed by atoms with Gasteiger partial charge in [-0.15, -0.1) is 0 Å². The van der Waals surface area contributed by atoms with Gasteiger partial charge in [0, 0.05) is 17.0 Å². The van der Waals surface area contributed by atoms with Crippen LogP contribution in [-0.4, -0.2) is 17.6 Å².